The Bertz CT molecular complexity index is 526. The fraction of sp³-hybridized carbons (Fsp3) is 0.385. The number of pyridine rings is 1. The standard InChI is InChI=1S/C13H14N2O/c16-8-7-11-5-2-6-12-9-14-13(15(11)12)10-3-1-4-10/h2,5-6,8-10H,1,3-4,7H2. The predicted molar refractivity (Wildman–Crippen MR) is 61.6 cm³/mol. The van der Waals surface area contributed by atoms with E-state index in [-0.39, 0.29) is 0 Å². The van der Waals surface area contributed by atoms with Crippen molar-refractivity contribution in [2.75, 3.05) is 0 Å². The van der Waals surface area contributed by atoms with E-state index in [9.17, 15) is 4.79 Å². The summed E-state index contributed by atoms with van der Waals surface area (Å²) in [7, 11) is 0. The average molecular weight is 214 g/mol. The second kappa shape index (κ2) is 3.74. The number of imidazole rings is 1. The maximum atomic E-state index is 10.7. The molecule has 0 spiro atoms. The molecule has 3 heteroatoms. The number of aromatic nitrogens is 2. The van der Waals surface area contributed by atoms with Crippen LogP contribution in [-0.2, 0) is 11.2 Å². The van der Waals surface area contributed by atoms with E-state index < -0.39 is 0 Å². The van der Waals surface area contributed by atoms with Gasteiger partial charge in [0.2, 0.25) is 0 Å². The van der Waals surface area contributed by atoms with Crippen molar-refractivity contribution in [3.63, 3.8) is 0 Å². The smallest absolute Gasteiger partial charge is 0.125 e. The molecular formula is C13H14N2O. The van der Waals surface area contributed by atoms with Crippen molar-refractivity contribution in [1.82, 2.24) is 9.38 Å². The molecule has 3 nitrogen and oxygen atoms in total. The molecule has 0 N–H and O–H groups in total. The number of fused-ring (bicyclic) bond motifs is 1. The number of hydrogen-bond acceptors (Lipinski definition) is 2. The second-order valence-corrected chi connectivity index (χ2v) is 4.39. The predicted octanol–water partition coefficient (Wildman–Crippen LogP) is 2.34. The van der Waals surface area contributed by atoms with Crippen LogP contribution < -0.4 is 0 Å². The molecule has 82 valence electrons. The lowest BCUT2D eigenvalue weighted by molar-refractivity contribution is -0.107. The Kier molecular flexibility index (Phi) is 2.24. The first-order chi connectivity index (χ1) is 7.90. The molecule has 16 heavy (non-hydrogen) atoms. The van der Waals surface area contributed by atoms with Crippen LogP contribution >= 0.6 is 0 Å². The summed E-state index contributed by atoms with van der Waals surface area (Å²) in [6.45, 7) is 0. The SMILES string of the molecule is O=CCc1cccc2cnc(C3CCC3)n12. The van der Waals surface area contributed by atoms with Crippen molar-refractivity contribution in [3.05, 3.63) is 35.9 Å². The summed E-state index contributed by atoms with van der Waals surface area (Å²) in [5, 5.41) is 0. The van der Waals surface area contributed by atoms with Crippen LogP contribution in [0.1, 0.15) is 36.7 Å². The van der Waals surface area contributed by atoms with E-state index in [2.05, 4.69) is 9.38 Å². The molecule has 1 aliphatic carbocycles. The van der Waals surface area contributed by atoms with Crippen molar-refractivity contribution in [2.45, 2.75) is 31.6 Å². The van der Waals surface area contributed by atoms with Crippen molar-refractivity contribution in [3.8, 4) is 0 Å². The molecule has 0 radical (unpaired) electrons. The summed E-state index contributed by atoms with van der Waals surface area (Å²) in [4.78, 5) is 15.2. The van der Waals surface area contributed by atoms with Gasteiger partial charge in [-0.3, -0.25) is 0 Å². The van der Waals surface area contributed by atoms with Gasteiger partial charge in [0.05, 0.1) is 11.7 Å². The van der Waals surface area contributed by atoms with Gasteiger partial charge >= 0.3 is 0 Å². The summed E-state index contributed by atoms with van der Waals surface area (Å²) < 4.78 is 2.15. The van der Waals surface area contributed by atoms with E-state index in [1.54, 1.807) is 0 Å². The normalized spacial score (nSPS) is 16.2. The Morgan fingerprint density at radius 1 is 1.44 bits per heavy atom. The van der Waals surface area contributed by atoms with Crippen LogP contribution in [0.25, 0.3) is 5.52 Å². The first-order valence-corrected chi connectivity index (χ1v) is 5.79. The van der Waals surface area contributed by atoms with Gasteiger partial charge in [0, 0.05) is 18.0 Å². The fourth-order valence-corrected chi connectivity index (χ4v) is 2.34. The van der Waals surface area contributed by atoms with E-state index in [0.29, 0.717) is 12.3 Å². The maximum Gasteiger partial charge on any atom is 0.125 e. The number of rotatable bonds is 3. The van der Waals surface area contributed by atoms with Crippen molar-refractivity contribution in [2.24, 2.45) is 0 Å². The number of aldehydes is 1. The first kappa shape index (κ1) is 9.58. The monoisotopic (exact) mass is 214 g/mol. The first-order valence-electron chi connectivity index (χ1n) is 5.79. The number of carbonyl (C=O) groups is 1. The summed E-state index contributed by atoms with van der Waals surface area (Å²) in [6.07, 6.45) is 7.09. The average Bonchev–Trinajstić information content (AvgIpc) is 2.61. The highest BCUT2D eigenvalue weighted by molar-refractivity contribution is 5.57. The minimum atomic E-state index is 0.466. The van der Waals surface area contributed by atoms with E-state index >= 15 is 0 Å². The van der Waals surface area contributed by atoms with Crippen LogP contribution in [0.15, 0.2) is 24.4 Å². The van der Waals surface area contributed by atoms with E-state index in [0.717, 1.165) is 23.3 Å². The molecule has 1 saturated carbocycles. The molecule has 0 amide bonds. The lowest BCUT2D eigenvalue weighted by Gasteiger charge is -2.24. The summed E-state index contributed by atoms with van der Waals surface area (Å²) in [6, 6.07) is 6.04. The third kappa shape index (κ3) is 1.35. The molecule has 0 atom stereocenters. The van der Waals surface area contributed by atoms with Crippen molar-refractivity contribution in [1.29, 1.82) is 0 Å². The summed E-state index contributed by atoms with van der Waals surface area (Å²) in [5.41, 5.74) is 2.15. The van der Waals surface area contributed by atoms with Gasteiger partial charge in [0.25, 0.3) is 0 Å². The minimum Gasteiger partial charge on any atom is -0.303 e. The van der Waals surface area contributed by atoms with E-state index in [1.807, 2.05) is 24.4 Å². The maximum absolute atomic E-state index is 10.7. The van der Waals surface area contributed by atoms with E-state index in [4.69, 9.17) is 0 Å². The van der Waals surface area contributed by atoms with Crippen molar-refractivity contribution < 1.29 is 4.79 Å². The van der Waals surface area contributed by atoms with Crippen LogP contribution in [0.5, 0.6) is 0 Å². The third-order valence-electron chi connectivity index (χ3n) is 3.42. The van der Waals surface area contributed by atoms with Gasteiger partial charge in [-0.05, 0) is 25.0 Å². The molecular weight excluding hydrogens is 200 g/mol. The number of hydrogen-bond donors (Lipinski definition) is 0. The summed E-state index contributed by atoms with van der Waals surface area (Å²) >= 11 is 0. The molecule has 0 unspecified atom stereocenters. The quantitative estimate of drug-likeness (QED) is 0.735. The summed E-state index contributed by atoms with van der Waals surface area (Å²) in [5.74, 6) is 1.73. The van der Waals surface area contributed by atoms with Crippen LogP contribution in [0.2, 0.25) is 0 Å². The Labute approximate surface area is 94.1 Å². The van der Waals surface area contributed by atoms with Crippen LogP contribution in [0.3, 0.4) is 0 Å². The van der Waals surface area contributed by atoms with Crippen LogP contribution in [0.4, 0.5) is 0 Å². The van der Waals surface area contributed by atoms with Gasteiger partial charge in [-0.1, -0.05) is 12.5 Å². The lowest BCUT2D eigenvalue weighted by atomic mass is 9.85. The minimum absolute atomic E-state index is 0.466. The lowest BCUT2D eigenvalue weighted by Crippen LogP contribution is -2.14. The Hall–Kier alpha value is -1.64. The largest absolute Gasteiger partial charge is 0.303 e. The molecule has 3 rings (SSSR count). The highest BCUT2D eigenvalue weighted by Crippen LogP contribution is 2.36. The number of nitrogens with zero attached hydrogens (tertiary/aromatic N) is 2. The van der Waals surface area contributed by atoms with E-state index in [1.165, 1.54) is 19.3 Å². The van der Waals surface area contributed by atoms with Gasteiger partial charge in [0.1, 0.15) is 12.1 Å². The molecule has 0 aliphatic heterocycles. The van der Waals surface area contributed by atoms with Crippen LogP contribution in [-0.4, -0.2) is 15.7 Å². The molecule has 0 bridgehead atoms. The van der Waals surface area contributed by atoms with Crippen molar-refractivity contribution >= 4 is 11.8 Å². The van der Waals surface area contributed by atoms with Gasteiger partial charge in [-0.25, -0.2) is 4.98 Å². The highest BCUT2D eigenvalue weighted by atomic mass is 16.1. The fourth-order valence-electron chi connectivity index (χ4n) is 2.34. The van der Waals surface area contributed by atoms with Gasteiger partial charge in [-0.15, -0.1) is 0 Å². The third-order valence-corrected chi connectivity index (χ3v) is 3.42. The Morgan fingerprint density at radius 2 is 2.31 bits per heavy atom. The molecule has 0 saturated heterocycles. The van der Waals surface area contributed by atoms with Crippen LogP contribution in [0, 0.1) is 0 Å². The molecule has 0 aromatic carbocycles. The van der Waals surface area contributed by atoms with Gasteiger partial charge in [0.15, 0.2) is 0 Å². The molecule has 1 fully saturated rings. The zero-order valence-electron chi connectivity index (χ0n) is 9.10. The van der Waals surface area contributed by atoms with Gasteiger partial charge < -0.3 is 9.20 Å². The molecule has 2 aromatic heterocycles. The Balaban J connectivity index is 2.17. The molecule has 2 aromatic rings. The molecule has 1 aliphatic rings. The Morgan fingerprint density at radius 3 is 3.00 bits per heavy atom. The second-order valence-electron chi connectivity index (χ2n) is 4.39. The molecule has 2 heterocycles. The van der Waals surface area contributed by atoms with Gasteiger partial charge in [-0.2, -0.15) is 0 Å². The number of carbonyl (C=O) groups excluding carboxylic acids is 1. The zero-order chi connectivity index (χ0) is 11.0. The topological polar surface area (TPSA) is 34.4 Å². The zero-order valence-corrected chi connectivity index (χ0v) is 9.10. The highest BCUT2D eigenvalue weighted by Gasteiger charge is 2.24.